The number of nitrogens with one attached hydrogen (secondary N) is 1. The average molecular weight is 286 g/mol. The molecule has 1 unspecified atom stereocenters. The van der Waals surface area contributed by atoms with Crippen LogP contribution in [0.4, 0.5) is 10.1 Å². The second kappa shape index (κ2) is 6.88. The van der Waals surface area contributed by atoms with Gasteiger partial charge in [0.25, 0.3) is 5.91 Å². The number of halogens is 1. The largest absolute Gasteiger partial charge is 0.398 e. The van der Waals surface area contributed by atoms with Crippen LogP contribution in [-0.2, 0) is 0 Å². The summed E-state index contributed by atoms with van der Waals surface area (Å²) in [6.45, 7) is 2.63. The molecule has 3 N–H and O–H groups in total. The summed E-state index contributed by atoms with van der Waals surface area (Å²) in [5, 5.41) is 2.78. The SMILES string of the molecule is CC(CCNC(=O)c1cc(F)ccc1N)c1ccccc1. The molecule has 0 aliphatic heterocycles. The number of carbonyl (C=O) groups is 1. The summed E-state index contributed by atoms with van der Waals surface area (Å²) in [4.78, 5) is 12.0. The summed E-state index contributed by atoms with van der Waals surface area (Å²) in [5.41, 5.74) is 7.38. The Morgan fingerprint density at radius 1 is 1.24 bits per heavy atom. The summed E-state index contributed by atoms with van der Waals surface area (Å²) in [6.07, 6.45) is 0.810. The summed E-state index contributed by atoms with van der Waals surface area (Å²) in [6, 6.07) is 13.9. The molecule has 21 heavy (non-hydrogen) atoms. The van der Waals surface area contributed by atoms with Gasteiger partial charge in [0.2, 0.25) is 0 Å². The standard InChI is InChI=1S/C17H19FN2O/c1-12(13-5-3-2-4-6-13)9-10-20-17(21)15-11-14(18)7-8-16(15)19/h2-8,11-12H,9-10,19H2,1H3,(H,20,21). The highest BCUT2D eigenvalue weighted by Crippen LogP contribution is 2.18. The van der Waals surface area contributed by atoms with E-state index in [1.54, 1.807) is 0 Å². The van der Waals surface area contributed by atoms with Gasteiger partial charge in [0.05, 0.1) is 5.56 Å². The molecule has 2 rings (SSSR count). The maximum atomic E-state index is 13.1. The van der Waals surface area contributed by atoms with Gasteiger partial charge in [-0.1, -0.05) is 37.3 Å². The van der Waals surface area contributed by atoms with E-state index < -0.39 is 5.82 Å². The highest BCUT2D eigenvalue weighted by molar-refractivity contribution is 5.99. The summed E-state index contributed by atoms with van der Waals surface area (Å²) in [7, 11) is 0. The Morgan fingerprint density at radius 2 is 1.95 bits per heavy atom. The average Bonchev–Trinajstić information content (AvgIpc) is 2.50. The van der Waals surface area contributed by atoms with Crippen LogP contribution in [0, 0.1) is 5.82 Å². The van der Waals surface area contributed by atoms with Gasteiger partial charge in [-0.3, -0.25) is 4.79 Å². The molecule has 0 fully saturated rings. The fourth-order valence-corrected chi connectivity index (χ4v) is 2.17. The Labute approximate surface area is 124 Å². The molecular weight excluding hydrogens is 267 g/mol. The molecule has 0 heterocycles. The third-order valence-electron chi connectivity index (χ3n) is 3.49. The lowest BCUT2D eigenvalue weighted by Crippen LogP contribution is -2.26. The molecule has 2 aromatic rings. The van der Waals surface area contributed by atoms with E-state index in [0.29, 0.717) is 12.5 Å². The first-order chi connectivity index (χ1) is 10.1. The van der Waals surface area contributed by atoms with Gasteiger partial charge in [-0.25, -0.2) is 4.39 Å². The van der Waals surface area contributed by atoms with Gasteiger partial charge in [0.15, 0.2) is 0 Å². The summed E-state index contributed by atoms with van der Waals surface area (Å²) in [5.74, 6) is -0.462. The minimum absolute atomic E-state index is 0.183. The molecule has 110 valence electrons. The number of anilines is 1. The molecule has 0 aromatic heterocycles. The van der Waals surface area contributed by atoms with Crippen molar-refractivity contribution in [1.29, 1.82) is 0 Å². The van der Waals surface area contributed by atoms with Crippen molar-refractivity contribution in [3.8, 4) is 0 Å². The molecular formula is C17H19FN2O. The lowest BCUT2D eigenvalue weighted by atomic mass is 9.98. The maximum Gasteiger partial charge on any atom is 0.253 e. The van der Waals surface area contributed by atoms with Crippen LogP contribution < -0.4 is 11.1 Å². The van der Waals surface area contributed by atoms with E-state index in [4.69, 9.17) is 5.73 Å². The smallest absolute Gasteiger partial charge is 0.253 e. The van der Waals surface area contributed by atoms with Gasteiger partial charge in [-0.05, 0) is 36.1 Å². The number of nitrogen functional groups attached to an aromatic ring is 1. The normalized spacial score (nSPS) is 11.9. The number of hydrogen-bond acceptors (Lipinski definition) is 2. The lowest BCUT2D eigenvalue weighted by Gasteiger charge is -2.13. The minimum atomic E-state index is -0.466. The molecule has 0 spiro atoms. The zero-order valence-corrected chi connectivity index (χ0v) is 12.0. The number of rotatable bonds is 5. The summed E-state index contributed by atoms with van der Waals surface area (Å²) >= 11 is 0. The van der Waals surface area contributed by atoms with E-state index in [1.165, 1.54) is 17.7 Å². The zero-order chi connectivity index (χ0) is 15.2. The second-order valence-corrected chi connectivity index (χ2v) is 5.09. The highest BCUT2D eigenvalue weighted by Gasteiger charge is 2.11. The predicted molar refractivity (Wildman–Crippen MR) is 82.6 cm³/mol. The first-order valence-corrected chi connectivity index (χ1v) is 6.96. The zero-order valence-electron chi connectivity index (χ0n) is 12.0. The topological polar surface area (TPSA) is 55.1 Å². The number of hydrogen-bond donors (Lipinski definition) is 2. The number of benzene rings is 2. The van der Waals surface area contributed by atoms with Crippen LogP contribution in [0.5, 0.6) is 0 Å². The molecule has 4 heteroatoms. The third kappa shape index (κ3) is 4.05. The van der Waals surface area contributed by atoms with Crippen LogP contribution in [0.3, 0.4) is 0 Å². The van der Waals surface area contributed by atoms with Crippen LogP contribution in [0.2, 0.25) is 0 Å². The van der Waals surface area contributed by atoms with Crippen molar-refractivity contribution >= 4 is 11.6 Å². The molecule has 0 radical (unpaired) electrons. The van der Waals surface area contributed by atoms with Crippen molar-refractivity contribution in [2.24, 2.45) is 0 Å². The number of nitrogens with two attached hydrogens (primary N) is 1. The van der Waals surface area contributed by atoms with Crippen molar-refractivity contribution in [2.75, 3.05) is 12.3 Å². The van der Waals surface area contributed by atoms with E-state index >= 15 is 0 Å². The van der Waals surface area contributed by atoms with Crippen molar-refractivity contribution in [1.82, 2.24) is 5.32 Å². The molecule has 1 atom stereocenters. The lowest BCUT2D eigenvalue weighted by molar-refractivity contribution is 0.0953. The number of carbonyl (C=O) groups excluding carboxylic acids is 1. The Balaban J connectivity index is 1.88. The van der Waals surface area contributed by atoms with Crippen LogP contribution in [-0.4, -0.2) is 12.5 Å². The van der Waals surface area contributed by atoms with Gasteiger partial charge < -0.3 is 11.1 Å². The van der Waals surface area contributed by atoms with E-state index in [1.807, 2.05) is 18.2 Å². The Bertz CT molecular complexity index is 613. The van der Waals surface area contributed by atoms with Gasteiger partial charge >= 0.3 is 0 Å². The highest BCUT2D eigenvalue weighted by atomic mass is 19.1. The molecule has 0 aliphatic rings. The van der Waals surface area contributed by atoms with E-state index in [-0.39, 0.29) is 17.2 Å². The van der Waals surface area contributed by atoms with Crippen molar-refractivity contribution in [3.05, 3.63) is 65.5 Å². The molecule has 2 aromatic carbocycles. The first-order valence-electron chi connectivity index (χ1n) is 6.96. The Morgan fingerprint density at radius 3 is 2.67 bits per heavy atom. The van der Waals surface area contributed by atoms with Crippen molar-refractivity contribution in [3.63, 3.8) is 0 Å². The van der Waals surface area contributed by atoms with Crippen molar-refractivity contribution in [2.45, 2.75) is 19.3 Å². The summed E-state index contributed by atoms with van der Waals surface area (Å²) < 4.78 is 13.1. The Kier molecular flexibility index (Phi) is 4.93. The minimum Gasteiger partial charge on any atom is -0.398 e. The van der Waals surface area contributed by atoms with Gasteiger partial charge in [0, 0.05) is 12.2 Å². The molecule has 0 aliphatic carbocycles. The monoisotopic (exact) mass is 286 g/mol. The van der Waals surface area contributed by atoms with Crippen LogP contribution in [0.1, 0.15) is 35.2 Å². The van der Waals surface area contributed by atoms with Gasteiger partial charge in [-0.2, -0.15) is 0 Å². The third-order valence-corrected chi connectivity index (χ3v) is 3.49. The molecule has 0 bridgehead atoms. The molecule has 1 amide bonds. The molecule has 0 saturated heterocycles. The predicted octanol–water partition coefficient (Wildman–Crippen LogP) is 3.33. The van der Waals surface area contributed by atoms with E-state index in [0.717, 1.165) is 12.5 Å². The van der Waals surface area contributed by atoms with Crippen LogP contribution >= 0.6 is 0 Å². The van der Waals surface area contributed by atoms with Gasteiger partial charge in [-0.15, -0.1) is 0 Å². The van der Waals surface area contributed by atoms with Crippen LogP contribution in [0.15, 0.2) is 48.5 Å². The second-order valence-electron chi connectivity index (χ2n) is 5.09. The van der Waals surface area contributed by atoms with Gasteiger partial charge in [0.1, 0.15) is 5.82 Å². The molecule has 3 nitrogen and oxygen atoms in total. The fourth-order valence-electron chi connectivity index (χ4n) is 2.17. The van der Waals surface area contributed by atoms with Crippen LogP contribution in [0.25, 0.3) is 0 Å². The van der Waals surface area contributed by atoms with E-state index in [9.17, 15) is 9.18 Å². The first kappa shape index (κ1) is 15.0. The quantitative estimate of drug-likeness (QED) is 0.828. The van der Waals surface area contributed by atoms with Crippen molar-refractivity contribution < 1.29 is 9.18 Å². The number of amides is 1. The fraction of sp³-hybridized carbons (Fsp3) is 0.235. The Hall–Kier alpha value is -2.36. The molecule has 0 saturated carbocycles. The van der Waals surface area contributed by atoms with E-state index in [2.05, 4.69) is 24.4 Å². The maximum absolute atomic E-state index is 13.1.